The van der Waals surface area contributed by atoms with Gasteiger partial charge in [-0.1, -0.05) is 266 Å². The maximum absolute atomic E-state index is 12.9. The average Bonchev–Trinajstić information content (AvgIpc) is 3.37. The molecule has 408 valence electrons. The second-order valence-electron chi connectivity index (χ2n) is 19.9. The van der Waals surface area contributed by atoms with E-state index >= 15 is 0 Å². The molecule has 6 heteroatoms. The monoisotopic (exact) mass is 989 g/mol. The molecule has 0 amide bonds. The number of carbonyl (C=O) groups is 3. The first-order chi connectivity index (χ1) is 35.0. The second kappa shape index (κ2) is 59.2. The van der Waals surface area contributed by atoms with E-state index in [4.69, 9.17) is 14.2 Å². The third kappa shape index (κ3) is 57.4. The van der Waals surface area contributed by atoms with E-state index in [0.29, 0.717) is 19.3 Å². The molecule has 0 aromatic rings. The summed E-state index contributed by atoms with van der Waals surface area (Å²) < 4.78 is 16.9. The number of ether oxygens (including phenoxy) is 3. The molecule has 0 aliphatic carbocycles. The molecule has 0 saturated heterocycles. The van der Waals surface area contributed by atoms with Gasteiger partial charge in [-0.15, -0.1) is 0 Å². The molecule has 0 N–H and O–H groups in total. The predicted octanol–water partition coefficient (Wildman–Crippen LogP) is 20.3. The molecular formula is C65H112O6. The zero-order chi connectivity index (χ0) is 51.4. The van der Waals surface area contributed by atoms with Crippen molar-refractivity contribution in [1.29, 1.82) is 0 Å². The largest absolute Gasteiger partial charge is 0.462 e. The highest BCUT2D eigenvalue weighted by molar-refractivity contribution is 5.71. The highest BCUT2D eigenvalue weighted by Gasteiger charge is 2.19. The van der Waals surface area contributed by atoms with Crippen LogP contribution >= 0.6 is 0 Å². The number of hydrogen-bond acceptors (Lipinski definition) is 6. The fraction of sp³-hybridized carbons (Fsp3) is 0.738. The molecule has 1 atom stereocenters. The van der Waals surface area contributed by atoms with Gasteiger partial charge in [-0.2, -0.15) is 0 Å². The molecule has 71 heavy (non-hydrogen) atoms. The summed E-state index contributed by atoms with van der Waals surface area (Å²) in [5.41, 5.74) is 0. The van der Waals surface area contributed by atoms with E-state index in [1.54, 1.807) is 0 Å². The third-order valence-corrected chi connectivity index (χ3v) is 12.9. The summed E-state index contributed by atoms with van der Waals surface area (Å²) in [6, 6.07) is 0. The molecule has 0 saturated carbocycles. The van der Waals surface area contributed by atoms with Gasteiger partial charge in [0.15, 0.2) is 6.10 Å². The Bertz CT molecular complexity index is 1370. The molecule has 0 radical (unpaired) electrons. The van der Waals surface area contributed by atoms with Crippen LogP contribution in [-0.2, 0) is 28.6 Å². The summed E-state index contributed by atoms with van der Waals surface area (Å²) in [6.07, 6.45) is 77.2. The van der Waals surface area contributed by atoms with E-state index in [-0.39, 0.29) is 31.1 Å². The van der Waals surface area contributed by atoms with Crippen LogP contribution < -0.4 is 0 Å². The van der Waals surface area contributed by atoms with Crippen molar-refractivity contribution in [2.45, 2.75) is 297 Å². The fourth-order valence-electron chi connectivity index (χ4n) is 8.45. The third-order valence-electron chi connectivity index (χ3n) is 12.9. The van der Waals surface area contributed by atoms with Crippen LogP contribution in [0.25, 0.3) is 0 Å². The van der Waals surface area contributed by atoms with Gasteiger partial charge in [0.1, 0.15) is 13.2 Å². The first-order valence-corrected chi connectivity index (χ1v) is 30.1. The lowest BCUT2D eigenvalue weighted by atomic mass is 10.0. The highest BCUT2D eigenvalue weighted by Crippen LogP contribution is 2.16. The maximum Gasteiger partial charge on any atom is 0.306 e. The number of allylic oxidation sites excluding steroid dienone is 14. The topological polar surface area (TPSA) is 78.9 Å². The lowest BCUT2D eigenvalue weighted by Gasteiger charge is -2.18. The van der Waals surface area contributed by atoms with E-state index in [9.17, 15) is 14.4 Å². The number of carbonyl (C=O) groups excluding carboxylic acids is 3. The summed E-state index contributed by atoms with van der Waals surface area (Å²) in [7, 11) is 0. The van der Waals surface area contributed by atoms with Gasteiger partial charge in [0.2, 0.25) is 0 Å². The maximum atomic E-state index is 12.9. The van der Waals surface area contributed by atoms with Crippen LogP contribution in [0.1, 0.15) is 290 Å². The minimum absolute atomic E-state index is 0.0877. The Morgan fingerprint density at radius 2 is 0.549 bits per heavy atom. The SMILES string of the molecule is CC/C=C\C/C=C\C/C=C\C/C=C\CCCCCC(=O)OCC(COC(=O)CCCCCCCCCCC/C=C\C/C=C\C/C=C\CC)OC(=O)CCCCCCCCCCCCCCCCCCCC. The number of rotatable bonds is 54. The van der Waals surface area contributed by atoms with Gasteiger partial charge in [0.05, 0.1) is 0 Å². The molecule has 0 aliphatic heterocycles. The molecule has 0 rings (SSSR count). The Morgan fingerprint density at radius 1 is 0.296 bits per heavy atom. The van der Waals surface area contributed by atoms with Crippen LogP contribution in [0, 0.1) is 0 Å². The number of hydrogen-bond donors (Lipinski definition) is 0. The molecule has 0 spiro atoms. The minimum Gasteiger partial charge on any atom is -0.462 e. The van der Waals surface area contributed by atoms with E-state index < -0.39 is 6.10 Å². The lowest BCUT2D eigenvalue weighted by molar-refractivity contribution is -0.167. The molecule has 0 bridgehead atoms. The molecule has 0 fully saturated rings. The summed E-state index contributed by atoms with van der Waals surface area (Å²) >= 11 is 0. The second-order valence-corrected chi connectivity index (χ2v) is 19.9. The predicted molar refractivity (Wildman–Crippen MR) is 307 cm³/mol. The Kier molecular flexibility index (Phi) is 56.3. The summed E-state index contributed by atoms with van der Waals surface area (Å²) in [5, 5.41) is 0. The van der Waals surface area contributed by atoms with Crippen LogP contribution in [-0.4, -0.2) is 37.2 Å². The molecule has 0 heterocycles. The molecule has 0 aromatic carbocycles. The van der Waals surface area contributed by atoms with Crippen LogP contribution in [0.5, 0.6) is 0 Å². The summed E-state index contributed by atoms with van der Waals surface area (Å²) in [5.74, 6) is -0.913. The van der Waals surface area contributed by atoms with Crippen molar-refractivity contribution in [3.8, 4) is 0 Å². The zero-order valence-electron chi connectivity index (χ0n) is 46.7. The van der Waals surface area contributed by atoms with Crippen molar-refractivity contribution in [2.24, 2.45) is 0 Å². The van der Waals surface area contributed by atoms with Crippen LogP contribution in [0.3, 0.4) is 0 Å². The lowest BCUT2D eigenvalue weighted by Crippen LogP contribution is -2.30. The van der Waals surface area contributed by atoms with Crippen molar-refractivity contribution in [2.75, 3.05) is 13.2 Å². The van der Waals surface area contributed by atoms with Gasteiger partial charge in [0.25, 0.3) is 0 Å². The quantitative estimate of drug-likeness (QED) is 0.0261. The van der Waals surface area contributed by atoms with Crippen molar-refractivity contribution in [3.63, 3.8) is 0 Å². The van der Waals surface area contributed by atoms with Crippen molar-refractivity contribution < 1.29 is 28.6 Å². The standard InChI is InChI=1S/C65H112O6/c1-4-7-10-13-16-19-22-25-28-31-33-35-37-40-43-46-49-52-55-58-64(67)70-61-62(60-69-63(66)57-54-51-48-45-42-39-36-30-27-24-21-18-15-12-9-6-3)71-65(68)59-56-53-50-47-44-41-38-34-32-29-26-23-20-17-14-11-8-5-2/h7,9-10,12,16,18-19,21,25,27-28,30,39,42,62H,4-6,8,11,13-15,17,20,22-24,26,29,31-38,40-41,43-61H2,1-3H3/b10-7-,12-9-,19-16-,21-18-,28-25-,30-27-,42-39-. The average molecular weight is 990 g/mol. The number of esters is 3. The number of unbranched alkanes of at least 4 members (excludes halogenated alkanes) is 29. The van der Waals surface area contributed by atoms with Gasteiger partial charge in [0, 0.05) is 19.3 Å². The first-order valence-electron chi connectivity index (χ1n) is 30.1. The Morgan fingerprint density at radius 3 is 0.873 bits per heavy atom. The smallest absolute Gasteiger partial charge is 0.306 e. The fourth-order valence-corrected chi connectivity index (χ4v) is 8.45. The highest BCUT2D eigenvalue weighted by atomic mass is 16.6. The van der Waals surface area contributed by atoms with Gasteiger partial charge >= 0.3 is 17.9 Å². The van der Waals surface area contributed by atoms with Gasteiger partial charge in [-0.25, -0.2) is 0 Å². The Labute approximate surface area is 439 Å². The van der Waals surface area contributed by atoms with Crippen molar-refractivity contribution in [1.82, 2.24) is 0 Å². The van der Waals surface area contributed by atoms with Crippen molar-refractivity contribution >= 4 is 17.9 Å². The van der Waals surface area contributed by atoms with Crippen molar-refractivity contribution in [3.05, 3.63) is 85.1 Å². The van der Waals surface area contributed by atoms with Crippen LogP contribution in [0.2, 0.25) is 0 Å². The zero-order valence-corrected chi connectivity index (χ0v) is 46.7. The van der Waals surface area contributed by atoms with Gasteiger partial charge in [-0.3, -0.25) is 14.4 Å². The molecule has 1 unspecified atom stereocenters. The minimum atomic E-state index is -0.791. The molecular weight excluding hydrogens is 877 g/mol. The Balaban J connectivity index is 4.41. The van der Waals surface area contributed by atoms with Gasteiger partial charge < -0.3 is 14.2 Å². The van der Waals surface area contributed by atoms with E-state index in [0.717, 1.165) is 109 Å². The molecule has 0 aliphatic rings. The summed E-state index contributed by atoms with van der Waals surface area (Å²) in [4.78, 5) is 38.2. The first kappa shape index (κ1) is 67.6. The molecule has 6 nitrogen and oxygen atoms in total. The molecule has 0 aromatic heterocycles. The van der Waals surface area contributed by atoms with E-state index in [1.807, 2.05) is 0 Å². The normalized spacial score (nSPS) is 12.7. The Hall–Kier alpha value is -3.41. The van der Waals surface area contributed by atoms with Crippen LogP contribution in [0.15, 0.2) is 85.1 Å². The van der Waals surface area contributed by atoms with E-state index in [2.05, 4.69) is 106 Å². The van der Waals surface area contributed by atoms with E-state index in [1.165, 1.54) is 141 Å². The van der Waals surface area contributed by atoms with Crippen LogP contribution in [0.4, 0.5) is 0 Å². The summed E-state index contributed by atoms with van der Waals surface area (Å²) in [6.45, 7) is 6.42. The van der Waals surface area contributed by atoms with Gasteiger partial charge in [-0.05, 0) is 89.9 Å².